The van der Waals surface area contributed by atoms with Crippen LogP contribution in [0.25, 0.3) is 0 Å². The van der Waals surface area contributed by atoms with Crippen molar-refractivity contribution in [3.8, 4) is 11.8 Å². The standard InChI is InChI=1S/C12H13ClN2O2/c1-15(2)12(17)14-11-8-10(13)6-5-9(11)4-3-7-16/h5-6,8,16H,7H2,1-2H3,(H,14,17). The molecule has 0 aliphatic rings. The Morgan fingerprint density at radius 2 is 2.24 bits per heavy atom. The van der Waals surface area contributed by atoms with Crippen LogP contribution in [0.3, 0.4) is 0 Å². The lowest BCUT2D eigenvalue weighted by Crippen LogP contribution is -2.27. The number of amides is 2. The number of hydrogen-bond donors (Lipinski definition) is 2. The molecule has 0 saturated heterocycles. The highest BCUT2D eigenvalue weighted by Gasteiger charge is 2.07. The number of carbonyl (C=O) groups excluding carboxylic acids is 1. The molecule has 2 N–H and O–H groups in total. The van der Waals surface area contributed by atoms with Crippen LogP contribution in [0, 0.1) is 11.8 Å². The van der Waals surface area contributed by atoms with Gasteiger partial charge >= 0.3 is 6.03 Å². The largest absolute Gasteiger partial charge is 0.384 e. The summed E-state index contributed by atoms with van der Waals surface area (Å²) >= 11 is 5.85. The third-order valence-corrected chi connectivity index (χ3v) is 2.17. The molecular formula is C12H13ClN2O2. The minimum Gasteiger partial charge on any atom is -0.384 e. The van der Waals surface area contributed by atoms with Crippen molar-refractivity contribution in [2.45, 2.75) is 0 Å². The van der Waals surface area contributed by atoms with Crippen LogP contribution in [0.2, 0.25) is 5.02 Å². The second-order valence-corrected chi connectivity index (χ2v) is 3.91. The Hall–Kier alpha value is -1.70. The van der Waals surface area contributed by atoms with Crippen molar-refractivity contribution >= 4 is 23.3 Å². The van der Waals surface area contributed by atoms with E-state index in [-0.39, 0.29) is 12.6 Å². The average molecular weight is 253 g/mol. The Morgan fingerprint density at radius 3 is 2.82 bits per heavy atom. The second-order valence-electron chi connectivity index (χ2n) is 3.47. The van der Waals surface area contributed by atoms with E-state index in [1.165, 1.54) is 4.90 Å². The van der Waals surface area contributed by atoms with Crippen LogP contribution in [0.1, 0.15) is 5.56 Å². The quantitative estimate of drug-likeness (QED) is 0.749. The van der Waals surface area contributed by atoms with Crippen molar-refractivity contribution in [2.24, 2.45) is 0 Å². The first-order valence-electron chi connectivity index (χ1n) is 4.92. The Labute approximate surface area is 105 Å². The topological polar surface area (TPSA) is 52.6 Å². The molecule has 1 aromatic carbocycles. The summed E-state index contributed by atoms with van der Waals surface area (Å²) in [7, 11) is 3.28. The molecule has 0 aliphatic heterocycles. The van der Waals surface area contributed by atoms with Crippen LogP contribution in [-0.4, -0.2) is 36.7 Å². The van der Waals surface area contributed by atoms with Crippen LogP contribution in [0.4, 0.5) is 10.5 Å². The summed E-state index contributed by atoms with van der Waals surface area (Å²) < 4.78 is 0. The molecule has 0 heterocycles. The number of urea groups is 1. The third kappa shape index (κ3) is 3.99. The normalized spacial score (nSPS) is 9.18. The lowest BCUT2D eigenvalue weighted by Gasteiger charge is -2.13. The van der Waals surface area contributed by atoms with Crippen LogP contribution < -0.4 is 5.32 Å². The van der Waals surface area contributed by atoms with Gasteiger partial charge in [0.15, 0.2) is 0 Å². The van der Waals surface area contributed by atoms with Gasteiger partial charge in [0.05, 0.1) is 5.69 Å². The van der Waals surface area contributed by atoms with Crippen LogP contribution in [-0.2, 0) is 0 Å². The summed E-state index contributed by atoms with van der Waals surface area (Å²) in [5.41, 5.74) is 1.14. The molecule has 17 heavy (non-hydrogen) atoms. The average Bonchev–Trinajstić information content (AvgIpc) is 2.28. The molecule has 1 aromatic rings. The Bertz CT molecular complexity index is 475. The number of anilines is 1. The molecule has 0 radical (unpaired) electrons. The van der Waals surface area contributed by atoms with Gasteiger partial charge < -0.3 is 15.3 Å². The van der Waals surface area contributed by atoms with Gasteiger partial charge in [0.2, 0.25) is 0 Å². The Balaban J connectivity index is 3.03. The Kier molecular flexibility index (Phi) is 4.83. The van der Waals surface area contributed by atoms with Gasteiger partial charge in [0.1, 0.15) is 6.61 Å². The van der Waals surface area contributed by atoms with Gasteiger partial charge in [-0.05, 0) is 18.2 Å². The van der Waals surface area contributed by atoms with E-state index in [9.17, 15) is 4.79 Å². The first kappa shape index (κ1) is 13.4. The number of hydrogen-bond acceptors (Lipinski definition) is 2. The fourth-order valence-corrected chi connectivity index (χ4v) is 1.26. The highest BCUT2D eigenvalue weighted by molar-refractivity contribution is 6.31. The summed E-state index contributed by atoms with van der Waals surface area (Å²) in [6.07, 6.45) is 0. The minimum atomic E-state index is -0.265. The van der Waals surface area contributed by atoms with E-state index < -0.39 is 0 Å². The predicted molar refractivity (Wildman–Crippen MR) is 68.1 cm³/mol. The van der Waals surface area contributed by atoms with E-state index in [4.69, 9.17) is 16.7 Å². The zero-order valence-corrected chi connectivity index (χ0v) is 10.4. The molecule has 0 saturated carbocycles. The van der Waals surface area contributed by atoms with Crippen molar-refractivity contribution in [1.82, 2.24) is 4.90 Å². The van der Waals surface area contributed by atoms with Crippen molar-refractivity contribution < 1.29 is 9.90 Å². The van der Waals surface area contributed by atoms with Crippen LogP contribution in [0.5, 0.6) is 0 Å². The van der Waals surface area contributed by atoms with E-state index in [1.54, 1.807) is 32.3 Å². The maximum atomic E-state index is 11.5. The van der Waals surface area contributed by atoms with Crippen molar-refractivity contribution in [1.29, 1.82) is 0 Å². The van der Waals surface area contributed by atoms with Crippen molar-refractivity contribution in [3.05, 3.63) is 28.8 Å². The maximum absolute atomic E-state index is 11.5. The van der Waals surface area contributed by atoms with E-state index in [1.807, 2.05) is 0 Å². The Morgan fingerprint density at radius 1 is 1.53 bits per heavy atom. The molecule has 1 rings (SSSR count). The molecule has 0 aromatic heterocycles. The molecule has 0 unspecified atom stereocenters. The fraction of sp³-hybridized carbons (Fsp3) is 0.250. The van der Waals surface area contributed by atoms with Gasteiger partial charge in [0.25, 0.3) is 0 Å². The third-order valence-electron chi connectivity index (χ3n) is 1.93. The molecule has 0 bridgehead atoms. The molecule has 2 amide bonds. The van der Waals surface area contributed by atoms with Gasteiger partial charge in [-0.2, -0.15) is 0 Å². The lowest BCUT2D eigenvalue weighted by atomic mass is 10.2. The number of nitrogens with zero attached hydrogens (tertiary/aromatic N) is 1. The molecule has 0 aliphatic carbocycles. The zero-order valence-electron chi connectivity index (χ0n) is 9.62. The maximum Gasteiger partial charge on any atom is 0.321 e. The summed E-state index contributed by atoms with van der Waals surface area (Å²) in [5.74, 6) is 5.27. The summed E-state index contributed by atoms with van der Waals surface area (Å²) in [5, 5.41) is 11.8. The molecule has 0 spiro atoms. The van der Waals surface area contributed by atoms with E-state index >= 15 is 0 Å². The lowest BCUT2D eigenvalue weighted by molar-refractivity contribution is 0.230. The second kappa shape index (κ2) is 6.14. The molecule has 4 nitrogen and oxygen atoms in total. The van der Waals surface area contributed by atoms with Crippen molar-refractivity contribution in [2.75, 3.05) is 26.0 Å². The summed E-state index contributed by atoms with van der Waals surface area (Å²) in [4.78, 5) is 12.9. The van der Waals surface area contributed by atoms with Gasteiger partial charge in [-0.15, -0.1) is 0 Å². The van der Waals surface area contributed by atoms with E-state index in [0.29, 0.717) is 16.3 Å². The molecule has 0 fully saturated rings. The van der Waals surface area contributed by atoms with Gasteiger partial charge in [-0.25, -0.2) is 4.79 Å². The summed E-state index contributed by atoms with van der Waals surface area (Å²) in [6.45, 7) is -0.232. The highest BCUT2D eigenvalue weighted by Crippen LogP contribution is 2.20. The number of halogens is 1. The number of benzene rings is 1. The van der Waals surface area contributed by atoms with E-state index in [0.717, 1.165) is 0 Å². The molecule has 5 heteroatoms. The van der Waals surface area contributed by atoms with E-state index in [2.05, 4.69) is 17.2 Å². The van der Waals surface area contributed by atoms with Crippen molar-refractivity contribution in [3.63, 3.8) is 0 Å². The van der Waals surface area contributed by atoms with Gasteiger partial charge in [-0.3, -0.25) is 0 Å². The first-order chi connectivity index (χ1) is 8.04. The number of nitrogens with one attached hydrogen (secondary N) is 1. The molecule has 90 valence electrons. The van der Waals surface area contributed by atoms with Gasteiger partial charge in [-0.1, -0.05) is 23.4 Å². The number of carbonyl (C=O) groups is 1. The molecule has 0 atom stereocenters. The fourth-order valence-electron chi connectivity index (χ4n) is 1.09. The molecular weight excluding hydrogens is 240 g/mol. The minimum absolute atomic E-state index is 0.232. The predicted octanol–water partition coefficient (Wildman–Crippen LogP) is 1.78. The summed E-state index contributed by atoms with van der Waals surface area (Å²) in [6, 6.07) is 4.72. The monoisotopic (exact) mass is 252 g/mol. The number of aliphatic hydroxyl groups is 1. The highest BCUT2D eigenvalue weighted by atomic mass is 35.5. The zero-order chi connectivity index (χ0) is 12.8. The first-order valence-corrected chi connectivity index (χ1v) is 5.30. The van der Waals surface area contributed by atoms with Crippen LogP contribution in [0.15, 0.2) is 18.2 Å². The van der Waals surface area contributed by atoms with Gasteiger partial charge in [0, 0.05) is 24.7 Å². The van der Waals surface area contributed by atoms with Crippen LogP contribution >= 0.6 is 11.6 Å². The number of aliphatic hydroxyl groups excluding tert-OH is 1. The smallest absolute Gasteiger partial charge is 0.321 e. The number of rotatable bonds is 1. The SMILES string of the molecule is CN(C)C(=O)Nc1cc(Cl)ccc1C#CCO.